The Bertz CT molecular complexity index is 1100. The second kappa shape index (κ2) is 8.34. The van der Waals surface area contributed by atoms with Gasteiger partial charge < -0.3 is 19.5 Å². The van der Waals surface area contributed by atoms with Crippen molar-refractivity contribution in [1.82, 2.24) is 14.1 Å². The zero-order valence-electron chi connectivity index (χ0n) is 16.2. The summed E-state index contributed by atoms with van der Waals surface area (Å²) < 4.78 is 48.5. The van der Waals surface area contributed by atoms with Crippen molar-refractivity contribution in [3.63, 3.8) is 0 Å². The first-order chi connectivity index (χ1) is 14.8. The average molecular weight is 436 g/mol. The molecule has 0 bridgehead atoms. The number of rotatable bonds is 5. The standard InChI is InChI=1S/C20H19F3N4O4/c21-20(22,23)31-16-3-1-15(2-4-16)27-18(28)13-26(19(27)29)12-14-5-6-24-11-17(14)25-7-9-30-10-8-25/h1-6,11,13,28H,7-10,12H2. The number of aromatic hydroxyl groups is 1. The van der Waals surface area contributed by atoms with E-state index in [0.717, 1.165) is 28.0 Å². The summed E-state index contributed by atoms with van der Waals surface area (Å²) in [6.45, 7) is 2.78. The molecule has 0 amide bonds. The van der Waals surface area contributed by atoms with Crippen LogP contribution in [0.25, 0.3) is 5.69 Å². The van der Waals surface area contributed by atoms with Crippen molar-refractivity contribution in [3.8, 4) is 17.3 Å². The molecule has 1 fully saturated rings. The summed E-state index contributed by atoms with van der Waals surface area (Å²) in [5, 5.41) is 10.3. The molecule has 0 unspecified atom stereocenters. The minimum Gasteiger partial charge on any atom is -0.493 e. The van der Waals surface area contributed by atoms with Gasteiger partial charge in [-0.25, -0.2) is 9.36 Å². The van der Waals surface area contributed by atoms with Crippen LogP contribution in [0, 0.1) is 0 Å². The van der Waals surface area contributed by atoms with Gasteiger partial charge in [-0.1, -0.05) is 0 Å². The maximum atomic E-state index is 12.9. The van der Waals surface area contributed by atoms with Gasteiger partial charge in [0.05, 0.1) is 43.5 Å². The first-order valence-electron chi connectivity index (χ1n) is 9.45. The fourth-order valence-corrected chi connectivity index (χ4v) is 3.45. The van der Waals surface area contributed by atoms with Crippen LogP contribution in [0.5, 0.6) is 11.6 Å². The molecule has 1 saturated heterocycles. The van der Waals surface area contributed by atoms with Gasteiger partial charge in [0.2, 0.25) is 5.88 Å². The predicted molar refractivity (Wildman–Crippen MR) is 105 cm³/mol. The highest BCUT2D eigenvalue weighted by Gasteiger charge is 2.31. The van der Waals surface area contributed by atoms with E-state index < -0.39 is 17.8 Å². The molecule has 1 aliphatic rings. The number of hydrogen-bond donors (Lipinski definition) is 1. The number of pyridine rings is 1. The van der Waals surface area contributed by atoms with Crippen LogP contribution in [0.1, 0.15) is 5.56 Å². The number of ether oxygens (including phenoxy) is 2. The summed E-state index contributed by atoms with van der Waals surface area (Å²) in [5.41, 5.74) is 1.38. The normalized spacial score (nSPS) is 14.6. The third-order valence-electron chi connectivity index (χ3n) is 4.85. The Morgan fingerprint density at radius 1 is 1.13 bits per heavy atom. The zero-order valence-corrected chi connectivity index (χ0v) is 16.2. The van der Waals surface area contributed by atoms with E-state index in [9.17, 15) is 23.1 Å². The van der Waals surface area contributed by atoms with Crippen LogP contribution in [0.15, 0.2) is 53.7 Å². The zero-order chi connectivity index (χ0) is 22.0. The number of aromatic nitrogens is 3. The summed E-state index contributed by atoms with van der Waals surface area (Å²) >= 11 is 0. The molecule has 1 N–H and O–H groups in total. The van der Waals surface area contributed by atoms with Gasteiger partial charge in [0.1, 0.15) is 5.75 Å². The molecule has 0 aliphatic carbocycles. The fraction of sp³-hybridized carbons (Fsp3) is 0.300. The van der Waals surface area contributed by atoms with Gasteiger partial charge in [0, 0.05) is 19.3 Å². The Morgan fingerprint density at radius 3 is 2.52 bits per heavy atom. The lowest BCUT2D eigenvalue weighted by molar-refractivity contribution is -0.274. The number of imidazole rings is 1. The third-order valence-corrected chi connectivity index (χ3v) is 4.85. The summed E-state index contributed by atoms with van der Waals surface area (Å²) in [7, 11) is 0. The van der Waals surface area contributed by atoms with E-state index in [1.165, 1.54) is 22.9 Å². The molecule has 31 heavy (non-hydrogen) atoms. The van der Waals surface area contributed by atoms with Crippen molar-refractivity contribution >= 4 is 5.69 Å². The van der Waals surface area contributed by atoms with Crippen molar-refractivity contribution in [2.45, 2.75) is 12.9 Å². The van der Waals surface area contributed by atoms with Crippen molar-refractivity contribution in [1.29, 1.82) is 0 Å². The number of anilines is 1. The maximum Gasteiger partial charge on any atom is 0.573 e. The maximum absolute atomic E-state index is 12.9. The number of alkyl halides is 3. The molecule has 0 saturated carbocycles. The number of halogens is 3. The molecule has 3 heterocycles. The number of morpholine rings is 1. The van der Waals surface area contributed by atoms with Gasteiger partial charge >= 0.3 is 12.1 Å². The minimum absolute atomic E-state index is 0.184. The molecule has 164 valence electrons. The first-order valence-corrected chi connectivity index (χ1v) is 9.45. The van der Waals surface area contributed by atoms with Gasteiger partial charge in [-0.2, -0.15) is 0 Å². The highest BCUT2D eigenvalue weighted by atomic mass is 19.4. The van der Waals surface area contributed by atoms with Crippen molar-refractivity contribution in [2.75, 3.05) is 31.2 Å². The van der Waals surface area contributed by atoms with Crippen LogP contribution >= 0.6 is 0 Å². The Morgan fingerprint density at radius 2 is 1.84 bits per heavy atom. The van der Waals surface area contributed by atoms with E-state index in [4.69, 9.17) is 4.74 Å². The monoisotopic (exact) mass is 436 g/mol. The highest BCUT2D eigenvalue weighted by molar-refractivity contribution is 5.52. The third kappa shape index (κ3) is 4.66. The van der Waals surface area contributed by atoms with Crippen molar-refractivity contribution < 1.29 is 27.8 Å². The van der Waals surface area contributed by atoms with Crippen LogP contribution < -0.4 is 15.3 Å². The number of nitrogens with zero attached hydrogens (tertiary/aromatic N) is 4. The molecule has 0 radical (unpaired) electrons. The lowest BCUT2D eigenvalue weighted by Gasteiger charge is -2.30. The van der Waals surface area contributed by atoms with E-state index in [1.807, 2.05) is 0 Å². The predicted octanol–water partition coefficient (Wildman–Crippen LogP) is 2.52. The molecule has 0 spiro atoms. The summed E-state index contributed by atoms with van der Waals surface area (Å²) in [6, 6.07) is 6.47. The van der Waals surface area contributed by atoms with Gasteiger partial charge in [0.15, 0.2) is 0 Å². The van der Waals surface area contributed by atoms with Gasteiger partial charge in [0.25, 0.3) is 0 Å². The largest absolute Gasteiger partial charge is 0.573 e. The van der Waals surface area contributed by atoms with Crippen molar-refractivity contribution in [2.24, 2.45) is 0 Å². The minimum atomic E-state index is -4.81. The average Bonchev–Trinajstić information content (AvgIpc) is 3.02. The Balaban J connectivity index is 1.61. The molecule has 3 aromatic rings. The van der Waals surface area contributed by atoms with Gasteiger partial charge in [-0.15, -0.1) is 13.2 Å². The molecule has 1 aliphatic heterocycles. The highest BCUT2D eigenvalue weighted by Crippen LogP contribution is 2.25. The molecule has 4 rings (SSSR count). The summed E-state index contributed by atoms with van der Waals surface area (Å²) in [5.74, 6) is -0.758. The summed E-state index contributed by atoms with van der Waals surface area (Å²) in [4.78, 5) is 19.2. The Hall–Kier alpha value is -3.47. The van der Waals surface area contributed by atoms with E-state index in [2.05, 4.69) is 14.6 Å². The molecule has 2 aromatic heterocycles. The SMILES string of the molecule is O=c1n(Cc2ccncc2N2CCOCC2)cc(O)n1-c1ccc(OC(F)(F)F)cc1. The van der Waals surface area contributed by atoms with E-state index in [-0.39, 0.29) is 18.1 Å². The van der Waals surface area contributed by atoms with Crippen LogP contribution in [0.3, 0.4) is 0 Å². The first kappa shape index (κ1) is 20.8. The number of hydrogen-bond acceptors (Lipinski definition) is 6. The lowest BCUT2D eigenvalue weighted by Crippen LogP contribution is -2.37. The Kier molecular flexibility index (Phi) is 5.59. The second-order valence-corrected chi connectivity index (χ2v) is 6.88. The topological polar surface area (TPSA) is 81.8 Å². The van der Waals surface area contributed by atoms with Crippen molar-refractivity contribution in [3.05, 3.63) is 65.0 Å². The van der Waals surface area contributed by atoms with Crippen LogP contribution in [0.4, 0.5) is 18.9 Å². The van der Waals surface area contributed by atoms with Gasteiger partial charge in [-0.3, -0.25) is 9.55 Å². The molecule has 1 aromatic carbocycles. The smallest absolute Gasteiger partial charge is 0.493 e. The van der Waals surface area contributed by atoms with Crippen LogP contribution in [-0.2, 0) is 11.3 Å². The molecule has 8 nitrogen and oxygen atoms in total. The molecular formula is C20H19F3N4O4. The quantitative estimate of drug-likeness (QED) is 0.662. The number of benzene rings is 1. The molecule has 11 heteroatoms. The molecule has 0 atom stereocenters. The van der Waals surface area contributed by atoms with E-state index in [0.29, 0.717) is 26.3 Å². The van der Waals surface area contributed by atoms with Gasteiger partial charge in [-0.05, 0) is 35.9 Å². The summed E-state index contributed by atoms with van der Waals surface area (Å²) in [6.07, 6.45) is -0.180. The fourth-order valence-electron chi connectivity index (χ4n) is 3.45. The van der Waals surface area contributed by atoms with Crippen LogP contribution in [0.2, 0.25) is 0 Å². The lowest BCUT2D eigenvalue weighted by atomic mass is 10.2. The Labute approximate surface area is 174 Å². The molecular weight excluding hydrogens is 417 g/mol. The van der Waals surface area contributed by atoms with E-state index in [1.54, 1.807) is 18.5 Å². The second-order valence-electron chi connectivity index (χ2n) is 6.88. The van der Waals surface area contributed by atoms with Crippen LogP contribution in [-0.4, -0.2) is 51.9 Å². The van der Waals surface area contributed by atoms with E-state index >= 15 is 0 Å².